The Morgan fingerprint density at radius 3 is 2.53 bits per heavy atom. The molecule has 1 rings (SSSR count). The number of rotatable bonds is 4. The molecule has 1 aromatic carbocycles. The van der Waals surface area contributed by atoms with E-state index in [2.05, 4.69) is 5.32 Å². The van der Waals surface area contributed by atoms with Crippen molar-refractivity contribution in [3.63, 3.8) is 0 Å². The highest BCUT2D eigenvalue weighted by Crippen LogP contribution is 2.34. The predicted molar refractivity (Wildman–Crippen MR) is 77.3 cm³/mol. The Morgan fingerprint density at radius 2 is 2.00 bits per heavy atom. The van der Waals surface area contributed by atoms with Gasteiger partial charge in [0.1, 0.15) is 5.75 Å². The lowest BCUT2D eigenvalue weighted by atomic mass is 9.84. The van der Waals surface area contributed by atoms with Gasteiger partial charge in [-0.2, -0.15) is 0 Å². The molecule has 0 atom stereocenters. The summed E-state index contributed by atoms with van der Waals surface area (Å²) in [6.45, 7) is 8.90. The number of hydrogen-bond acceptors (Lipinski definition) is 3. The summed E-state index contributed by atoms with van der Waals surface area (Å²) < 4.78 is 0. The lowest BCUT2D eigenvalue weighted by Crippen LogP contribution is -2.30. The fraction of sp³-hybridized carbons (Fsp3) is 0.533. The van der Waals surface area contributed by atoms with E-state index in [0.29, 0.717) is 25.3 Å². The van der Waals surface area contributed by atoms with Crippen LogP contribution in [0.1, 0.15) is 37.5 Å². The Morgan fingerprint density at radius 1 is 1.37 bits per heavy atom. The first-order chi connectivity index (χ1) is 8.75. The van der Waals surface area contributed by atoms with Crippen LogP contribution in [-0.2, 0) is 16.6 Å². The number of aromatic hydroxyl groups is 1. The van der Waals surface area contributed by atoms with Crippen LogP contribution in [0, 0.1) is 6.92 Å². The van der Waals surface area contributed by atoms with Crippen LogP contribution >= 0.6 is 0 Å². The summed E-state index contributed by atoms with van der Waals surface area (Å²) in [7, 11) is 0. The molecule has 0 unspecified atom stereocenters. The van der Waals surface area contributed by atoms with Gasteiger partial charge in [0, 0.05) is 13.1 Å². The van der Waals surface area contributed by atoms with Gasteiger partial charge in [-0.1, -0.05) is 32.9 Å². The van der Waals surface area contributed by atoms with Gasteiger partial charge in [-0.05, 0) is 29.0 Å². The van der Waals surface area contributed by atoms with E-state index < -0.39 is 0 Å². The maximum Gasteiger partial charge on any atom is 0.224 e. The molecule has 4 heteroatoms. The molecule has 1 amide bonds. The summed E-state index contributed by atoms with van der Waals surface area (Å²) in [4.78, 5) is 11.7. The van der Waals surface area contributed by atoms with Crippen molar-refractivity contribution in [1.82, 2.24) is 5.32 Å². The zero-order valence-corrected chi connectivity index (χ0v) is 12.2. The second-order valence-electron chi connectivity index (χ2n) is 5.87. The molecule has 0 radical (unpaired) electrons. The van der Waals surface area contributed by atoms with Crippen molar-refractivity contribution in [2.24, 2.45) is 5.73 Å². The number of phenolic OH excluding ortho intramolecular Hbond substituents is 1. The molecular formula is C15H24N2O2. The van der Waals surface area contributed by atoms with Crippen LogP contribution in [0.25, 0.3) is 0 Å². The van der Waals surface area contributed by atoms with Crippen LogP contribution < -0.4 is 11.1 Å². The Kier molecular flexibility index (Phi) is 4.95. The highest BCUT2D eigenvalue weighted by molar-refractivity contribution is 5.78. The van der Waals surface area contributed by atoms with Gasteiger partial charge in [0.15, 0.2) is 0 Å². The molecule has 0 fully saturated rings. The normalized spacial score (nSPS) is 11.4. The van der Waals surface area contributed by atoms with Gasteiger partial charge in [-0.3, -0.25) is 4.79 Å². The van der Waals surface area contributed by atoms with Gasteiger partial charge < -0.3 is 16.2 Å². The molecule has 0 aliphatic heterocycles. The van der Waals surface area contributed by atoms with Crippen molar-refractivity contribution >= 4 is 5.91 Å². The number of amides is 1. The summed E-state index contributed by atoms with van der Waals surface area (Å²) in [6, 6.07) is 3.76. The van der Waals surface area contributed by atoms with Crippen LogP contribution in [0.15, 0.2) is 12.1 Å². The van der Waals surface area contributed by atoms with Crippen LogP contribution in [0.3, 0.4) is 0 Å². The fourth-order valence-corrected chi connectivity index (χ4v) is 1.99. The minimum absolute atomic E-state index is 0.0459. The number of carbonyl (C=O) groups is 1. The van der Waals surface area contributed by atoms with E-state index in [1.165, 1.54) is 0 Å². The SMILES string of the molecule is Cc1cc(CC(=O)NCCN)cc(C(C)(C)C)c1O. The van der Waals surface area contributed by atoms with E-state index in [1.807, 2.05) is 39.8 Å². The van der Waals surface area contributed by atoms with Gasteiger partial charge in [-0.15, -0.1) is 0 Å². The molecule has 4 nitrogen and oxygen atoms in total. The smallest absolute Gasteiger partial charge is 0.224 e. The number of nitrogens with two attached hydrogens (primary N) is 1. The summed E-state index contributed by atoms with van der Waals surface area (Å²) >= 11 is 0. The second-order valence-corrected chi connectivity index (χ2v) is 5.87. The van der Waals surface area contributed by atoms with E-state index in [0.717, 1.165) is 16.7 Å². The molecule has 0 spiro atoms. The maximum atomic E-state index is 11.7. The maximum absolute atomic E-state index is 11.7. The molecule has 0 aliphatic carbocycles. The van der Waals surface area contributed by atoms with Crippen molar-refractivity contribution in [2.45, 2.75) is 39.5 Å². The Bertz CT molecular complexity index is 462. The van der Waals surface area contributed by atoms with E-state index in [-0.39, 0.29) is 11.3 Å². The number of hydrogen-bond donors (Lipinski definition) is 3. The lowest BCUT2D eigenvalue weighted by molar-refractivity contribution is -0.120. The Labute approximate surface area is 115 Å². The molecular weight excluding hydrogens is 240 g/mol. The summed E-state index contributed by atoms with van der Waals surface area (Å²) in [5, 5.41) is 12.9. The molecule has 0 heterocycles. The van der Waals surface area contributed by atoms with E-state index in [9.17, 15) is 9.90 Å². The third-order valence-corrected chi connectivity index (χ3v) is 3.00. The average Bonchev–Trinajstić information content (AvgIpc) is 2.29. The third-order valence-electron chi connectivity index (χ3n) is 3.00. The number of carbonyl (C=O) groups excluding carboxylic acids is 1. The molecule has 0 saturated heterocycles. The van der Waals surface area contributed by atoms with Crippen molar-refractivity contribution < 1.29 is 9.90 Å². The highest BCUT2D eigenvalue weighted by Gasteiger charge is 2.20. The monoisotopic (exact) mass is 264 g/mol. The number of aryl methyl sites for hydroxylation is 1. The van der Waals surface area contributed by atoms with Gasteiger partial charge in [0.05, 0.1) is 6.42 Å². The topological polar surface area (TPSA) is 75.4 Å². The second kappa shape index (κ2) is 6.06. The minimum atomic E-state index is -0.154. The standard InChI is InChI=1S/C15H24N2O2/c1-10-7-11(9-13(18)17-6-5-16)8-12(14(10)19)15(2,3)4/h7-8,19H,5-6,9,16H2,1-4H3,(H,17,18). The number of benzene rings is 1. The van der Waals surface area contributed by atoms with E-state index >= 15 is 0 Å². The third kappa shape index (κ3) is 4.24. The zero-order valence-electron chi connectivity index (χ0n) is 12.2. The predicted octanol–water partition coefficient (Wildman–Crippen LogP) is 1.62. The number of phenols is 1. The molecule has 0 aliphatic rings. The first kappa shape index (κ1) is 15.5. The summed E-state index contributed by atoms with van der Waals surface area (Å²) in [5.74, 6) is 0.272. The first-order valence-electron chi connectivity index (χ1n) is 6.55. The van der Waals surface area contributed by atoms with Gasteiger partial charge >= 0.3 is 0 Å². The molecule has 1 aromatic rings. The molecule has 0 aromatic heterocycles. The minimum Gasteiger partial charge on any atom is -0.507 e. The zero-order chi connectivity index (χ0) is 14.6. The summed E-state index contributed by atoms with van der Waals surface area (Å²) in [5.41, 5.74) is 7.77. The van der Waals surface area contributed by atoms with Crippen LogP contribution in [-0.4, -0.2) is 24.1 Å². The fourth-order valence-electron chi connectivity index (χ4n) is 1.99. The molecule has 4 N–H and O–H groups in total. The largest absolute Gasteiger partial charge is 0.507 e. The van der Waals surface area contributed by atoms with E-state index in [4.69, 9.17) is 5.73 Å². The first-order valence-corrected chi connectivity index (χ1v) is 6.55. The van der Waals surface area contributed by atoms with Gasteiger partial charge in [0.25, 0.3) is 0 Å². The van der Waals surface area contributed by atoms with Crippen LogP contribution in [0.2, 0.25) is 0 Å². The van der Waals surface area contributed by atoms with Gasteiger partial charge in [0.2, 0.25) is 5.91 Å². The van der Waals surface area contributed by atoms with E-state index in [1.54, 1.807) is 0 Å². The van der Waals surface area contributed by atoms with Crippen LogP contribution in [0.4, 0.5) is 0 Å². The van der Waals surface area contributed by atoms with Crippen molar-refractivity contribution in [2.75, 3.05) is 13.1 Å². The Hall–Kier alpha value is -1.55. The van der Waals surface area contributed by atoms with Crippen molar-refractivity contribution in [3.05, 3.63) is 28.8 Å². The molecule has 0 saturated carbocycles. The summed E-state index contributed by atoms with van der Waals surface area (Å²) in [6.07, 6.45) is 0.310. The molecule has 0 bridgehead atoms. The molecule has 106 valence electrons. The molecule has 19 heavy (non-hydrogen) atoms. The van der Waals surface area contributed by atoms with Crippen molar-refractivity contribution in [3.8, 4) is 5.75 Å². The van der Waals surface area contributed by atoms with Crippen molar-refractivity contribution in [1.29, 1.82) is 0 Å². The average molecular weight is 264 g/mol. The van der Waals surface area contributed by atoms with Gasteiger partial charge in [-0.25, -0.2) is 0 Å². The quantitative estimate of drug-likeness (QED) is 0.773. The Balaban J connectivity index is 2.98. The number of nitrogens with one attached hydrogen (secondary N) is 1. The lowest BCUT2D eigenvalue weighted by Gasteiger charge is -2.22. The van der Waals surface area contributed by atoms with Crippen LogP contribution in [0.5, 0.6) is 5.75 Å². The highest BCUT2D eigenvalue weighted by atomic mass is 16.3.